The minimum absolute atomic E-state index is 0.441. The molecule has 0 bridgehead atoms. The largest absolute Gasteiger partial charge is 0.493 e. The standard InChI is InChI=1S/C16H25NO3/c1-17-12-13-7-8-15(18-2)16(11-13)20-10-4-6-14-5-3-9-19-14/h7-8,11,14,17H,3-6,9-10,12H2,1-2H3. The summed E-state index contributed by atoms with van der Waals surface area (Å²) in [6.45, 7) is 2.46. The zero-order chi connectivity index (χ0) is 14.2. The second-order valence-corrected chi connectivity index (χ2v) is 5.14. The van der Waals surface area contributed by atoms with Gasteiger partial charge >= 0.3 is 0 Å². The van der Waals surface area contributed by atoms with E-state index >= 15 is 0 Å². The maximum absolute atomic E-state index is 5.87. The van der Waals surface area contributed by atoms with Gasteiger partial charge in [0.2, 0.25) is 0 Å². The van der Waals surface area contributed by atoms with Gasteiger partial charge in [0.15, 0.2) is 11.5 Å². The molecule has 20 heavy (non-hydrogen) atoms. The van der Waals surface area contributed by atoms with E-state index in [2.05, 4.69) is 11.4 Å². The number of hydrogen-bond donors (Lipinski definition) is 1. The highest BCUT2D eigenvalue weighted by Gasteiger charge is 2.14. The highest BCUT2D eigenvalue weighted by molar-refractivity contribution is 5.42. The molecule has 1 aromatic rings. The SMILES string of the molecule is CNCc1ccc(OC)c(OCCCC2CCCO2)c1. The molecular formula is C16H25NO3. The van der Waals surface area contributed by atoms with E-state index in [-0.39, 0.29) is 0 Å². The number of methoxy groups -OCH3 is 1. The predicted molar refractivity (Wildman–Crippen MR) is 79.5 cm³/mol. The third-order valence-electron chi connectivity index (χ3n) is 3.56. The number of rotatable bonds is 8. The molecule has 4 heteroatoms. The molecular weight excluding hydrogens is 254 g/mol. The average molecular weight is 279 g/mol. The Morgan fingerprint density at radius 3 is 2.95 bits per heavy atom. The summed E-state index contributed by atoms with van der Waals surface area (Å²) in [5.74, 6) is 1.62. The summed E-state index contributed by atoms with van der Waals surface area (Å²) in [5, 5.41) is 3.14. The first-order chi connectivity index (χ1) is 9.83. The quantitative estimate of drug-likeness (QED) is 0.743. The fraction of sp³-hybridized carbons (Fsp3) is 0.625. The summed E-state index contributed by atoms with van der Waals surface area (Å²) in [4.78, 5) is 0. The summed E-state index contributed by atoms with van der Waals surface area (Å²) in [6.07, 6.45) is 4.94. The van der Waals surface area contributed by atoms with Crippen molar-refractivity contribution < 1.29 is 14.2 Å². The van der Waals surface area contributed by atoms with Crippen molar-refractivity contribution in [2.45, 2.75) is 38.3 Å². The van der Waals surface area contributed by atoms with E-state index in [0.717, 1.165) is 37.5 Å². The molecule has 1 unspecified atom stereocenters. The number of hydrogen-bond acceptors (Lipinski definition) is 4. The molecule has 0 aromatic heterocycles. The van der Waals surface area contributed by atoms with Crippen LogP contribution in [-0.4, -0.2) is 33.5 Å². The molecule has 2 rings (SSSR count). The van der Waals surface area contributed by atoms with Gasteiger partial charge in [-0.3, -0.25) is 0 Å². The monoisotopic (exact) mass is 279 g/mol. The molecule has 1 aliphatic rings. The minimum Gasteiger partial charge on any atom is -0.493 e. The van der Waals surface area contributed by atoms with Crippen LogP contribution in [0.1, 0.15) is 31.2 Å². The Kier molecular flexibility index (Phi) is 6.15. The molecule has 1 fully saturated rings. The summed E-state index contributed by atoms with van der Waals surface area (Å²) >= 11 is 0. The van der Waals surface area contributed by atoms with E-state index in [9.17, 15) is 0 Å². The minimum atomic E-state index is 0.441. The summed E-state index contributed by atoms with van der Waals surface area (Å²) in [5.41, 5.74) is 1.20. The van der Waals surface area contributed by atoms with Crippen LogP contribution in [0, 0.1) is 0 Å². The Hall–Kier alpha value is -1.26. The first-order valence-corrected chi connectivity index (χ1v) is 7.39. The fourth-order valence-corrected chi connectivity index (χ4v) is 2.51. The number of ether oxygens (including phenoxy) is 3. The van der Waals surface area contributed by atoms with Crippen molar-refractivity contribution >= 4 is 0 Å². The predicted octanol–water partition coefficient (Wildman–Crippen LogP) is 2.75. The molecule has 1 N–H and O–H groups in total. The normalized spacial score (nSPS) is 18.2. The third-order valence-corrected chi connectivity index (χ3v) is 3.56. The first kappa shape index (κ1) is 15.1. The maximum atomic E-state index is 5.87. The fourth-order valence-electron chi connectivity index (χ4n) is 2.51. The molecule has 0 radical (unpaired) electrons. The molecule has 112 valence electrons. The summed E-state index contributed by atoms with van der Waals surface area (Å²) in [6, 6.07) is 6.05. The topological polar surface area (TPSA) is 39.7 Å². The lowest BCUT2D eigenvalue weighted by atomic mass is 10.1. The van der Waals surface area contributed by atoms with E-state index in [1.807, 2.05) is 19.2 Å². The van der Waals surface area contributed by atoms with E-state index in [1.54, 1.807) is 7.11 Å². The molecule has 1 aromatic carbocycles. The van der Waals surface area contributed by atoms with Crippen LogP contribution in [0.4, 0.5) is 0 Å². The van der Waals surface area contributed by atoms with Crippen LogP contribution in [0.3, 0.4) is 0 Å². The molecule has 1 atom stereocenters. The lowest BCUT2D eigenvalue weighted by Gasteiger charge is -2.13. The van der Waals surface area contributed by atoms with Gasteiger partial charge in [-0.15, -0.1) is 0 Å². The van der Waals surface area contributed by atoms with Crippen LogP contribution in [0.5, 0.6) is 11.5 Å². The smallest absolute Gasteiger partial charge is 0.161 e. The second kappa shape index (κ2) is 8.12. The van der Waals surface area contributed by atoms with Crippen LogP contribution in [-0.2, 0) is 11.3 Å². The van der Waals surface area contributed by atoms with Crippen LogP contribution < -0.4 is 14.8 Å². The van der Waals surface area contributed by atoms with E-state index in [1.165, 1.54) is 18.4 Å². The third kappa shape index (κ3) is 4.39. The average Bonchev–Trinajstić information content (AvgIpc) is 2.97. The van der Waals surface area contributed by atoms with Gasteiger partial charge in [-0.05, 0) is 50.4 Å². The first-order valence-electron chi connectivity index (χ1n) is 7.39. The van der Waals surface area contributed by atoms with Gasteiger partial charge in [0.1, 0.15) is 0 Å². The summed E-state index contributed by atoms with van der Waals surface area (Å²) in [7, 11) is 3.61. The van der Waals surface area contributed by atoms with E-state index in [0.29, 0.717) is 12.7 Å². The Morgan fingerprint density at radius 2 is 2.25 bits per heavy atom. The van der Waals surface area contributed by atoms with E-state index in [4.69, 9.17) is 14.2 Å². The lowest BCUT2D eigenvalue weighted by Crippen LogP contribution is -2.09. The molecule has 0 aliphatic carbocycles. The van der Waals surface area contributed by atoms with Crippen molar-refractivity contribution in [3.63, 3.8) is 0 Å². The van der Waals surface area contributed by atoms with Crippen LogP contribution in [0.25, 0.3) is 0 Å². The van der Waals surface area contributed by atoms with Gasteiger partial charge in [0.25, 0.3) is 0 Å². The van der Waals surface area contributed by atoms with E-state index < -0.39 is 0 Å². The van der Waals surface area contributed by atoms with Crippen molar-refractivity contribution in [1.82, 2.24) is 5.32 Å². The second-order valence-electron chi connectivity index (χ2n) is 5.14. The highest BCUT2D eigenvalue weighted by Crippen LogP contribution is 2.28. The van der Waals surface area contributed by atoms with Gasteiger partial charge in [-0.1, -0.05) is 6.07 Å². The molecule has 1 saturated heterocycles. The van der Waals surface area contributed by atoms with Gasteiger partial charge in [0, 0.05) is 13.2 Å². The van der Waals surface area contributed by atoms with Crippen LogP contribution in [0.2, 0.25) is 0 Å². The molecule has 1 heterocycles. The van der Waals surface area contributed by atoms with Gasteiger partial charge in [-0.2, -0.15) is 0 Å². The highest BCUT2D eigenvalue weighted by atomic mass is 16.5. The zero-order valence-electron chi connectivity index (χ0n) is 12.5. The lowest BCUT2D eigenvalue weighted by molar-refractivity contribution is 0.0980. The molecule has 1 aliphatic heterocycles. The van der Waals surface area contributed by atoms with Gasteiger partial charge in [0.05, 0.1) is 19.8 Å². The van der Waals surface area contributed by atoms with Gasteiger partial charge in [-0.25, -0.2) is 0 Å². The molecule has 0 spiro atoms. The van der Waals surface area contributed by atoms with Crippen molar-refractivity contribution in [3.05, 3.63) is 23.8 Å². The van der Waals surface area contributed by atoms with Gasteiger partial charge < -0.3 is 19.5 Å². The Labute approximate surface area is 121 Å². The number of nitrogens with one attached hydrogen (secondary N) is 1. The zero-order valence-corrected chi connectivity index (χ0v) is 12.5. The number of benzene rings is 1. The maximum Gasteiger partial charge on any atom is 0.161 e. The van der Waals surface area contributed by atoms with Crippen molar-refractivity contribution in [2.24, 2.45) is 0 Å². The Bertz CT molecular complexity index is 403. The molecule has 4 nitrogen and oxygen atoms in total. The van der Waals surface area contributed by atoms with Crippen LogP contribution in [0.15, 0.2) is 18.2 Å². The van der Waals surface area contributed by atoms with Crippen LogP contribution >= 0.6 is 0 Å². The Balaban J connectivity index is 1.81. The Morgan fingerprint density at radius 1 is 1.35 bits per heavy atom. The summed E-state index contributed by atoms with van der Waals surface area (Å²) < 4.78 is 16.8. The molecule has 0 saturated carbocycles. The van der Waals surface area contributed by atoms with Crippen molar-refractivity contribution in [2.75, 3.05) is 27.4 Å². The van der Waals surface area contributed by atoms with Crippen molar-refractivity contribution in [3.8, 4) is 11.5 Å². The molecule has 0 amide bonds. The van der Waals surface area contributed by atoms with Crippen molar-refractivity contribution in [1.29, 1.82) is 0 Å².